The van der Waals surface area contributed by atoms with E-state index >= 15 is 0 Å². The summed E-state index contributed by atoms with van der Waals surface area (Å²) >= 11 is 2.13. The topological polar surface area (TPSA) is 9.23 Å². The second-order valence-corrected chi connectivity index (χ2v) is 5.00. The van der Waals surface area contributed by atoms with Gasteiger partial charge in [-0.2, -0.15) is 11.8 Å². The molecule has 0 aromatic rings. The van der Waals surface area contributed by atoms with Gasteiger partial charge in [-0.15, -0.1) is 0 Å². The average Bonchev–Trinajstić information content (AvgIpc) is 2.06. The van der Waals surface area contributed by atoms with Crippen LogP contribution >= 0.6 is 11.8 Å². The van der Waals surface area contributed by atoms with Gasteiger partial charge in [0.05, 0.1) is 12.7 Å². The molecule has 2 fully saturated rings. The summed E-state index contributed by atoms with van der Waals surface area (Å²) in [7, 11) is 0. The normalized spacial score (nSPS) is 45.0. The molecule has 1 aliphatic carbocycles. The van der Waals surface area contributed by atoms with E-state index in [2.05, 4.69) is 18.7 Å². The first kappa shape index (κ1) is 7.93. The molecule has 0 amide bonds. The first-order chi connectivity index (χ1) is 5.38. The molecule has 2 heteroatoms. The molecule has 11 heavy (non-hydrogen) atoms. The predicted molar refractivity (Wildman–Crippen MR) is 49.0 cm³/mol. The van der Waals surface area contributed by atoms with E-state index in [0.29, 0.717) is 6.10 Å². The Kier molecular flexibility index (Phi) is 2.42. The van der Waals surface area contributed by atoms with Gasteiger partial charge in [-0.05, 0) is 18.8 Å². The number of rotatable bonds is 0. The van der Waals surface area contributed by atoms with Crippen molar-refractivity contribution in [2.24, 2.45) is 5.92 Å². The summed E-state index contributed by atoms with van der Waals surface area (Å²) in [5.41, 5.74) is 0. The number of fused-ring (bicyclic) bond motifs is 1. The number of ether oxygens (including phenoxy) is 1. The average molecular weight is 172 g/mol. The van der Waals surface area contributed by atoms with Crippen LogP contribution in [0.3, 0.4) is 0 Å². The first-order valence-corrected chi connectivity index (χ1v) is 5.66. The molecule has 0 N–H and O–H groups in total. The lowest BCUT2D eigenvalue weighted by Gasteiger charge is -2.39. The van der Waals surface area contributed by atoms with Crippen LogP contribution in [0, 0.1) is 5.92 Å². The summed E-state index contributed by atoms with van der Waals surface area (Å²) in [6, 6.07) is 0. The van der Waals surface area contributed by atoms with Gasteiger partial charge in [-0.1, -0.05) is 13.3 Å². The fourth-order valence-electron chi connectivity index (χ4n) is 2.17. The highest BCUT2D eigenvalue weighted by Gasteiger charge is 2.33. The molecular weight excluding hydrogens is 156 g/mol. The molecule has 0 aromatic carbocycles. The van der Waals surface area contributed by atoms with Crippen molar-refractivity contribution < 1.29 is 4.74 Å². The highest BCUT2D eigenvalue weighted by molar-refractivity contribution is 8.00. The molecule has 0 spiro atoms. The smallest absolute Gasteiger partial charge is 0.0719 e. The Morgan fingerprint density at radius 3 is 3.09 bits per heavy atom. The maximum atomic E-state index is 5.77. The molecule has 1 saturated carbocycles. The van der Waals surface area contributed by atoms with Gasteiger partial charge in [-0.25, -0.2) is 0 Å². The van der Waals surface area contributed by atoms with Crippen molar-refractivity contribution in [1.82, 2.24) is 0 Å². The molecular formula is C9H16OS. The van der Waals surface area contributed by atoms with E-state index in [-0.39, 0.29) is 0 Å². The van der Waals surface area contributed by atoms with Gasteiger partial charge in [-0.3, -0.25) is 0 Å². The Labute approximate surface area is 72.9 Å². The minimum Gasteiger partial charge on any atom is -0.376 e. The lowest BCUT2D eigenvalue weighted by Crippen LogP contribution is -2.40. The van der Waals surface area contributed by atoms with Crippen LogP contribution in [0.25, 0.3) is 0 Å². The number of hydrogen-bond donors (Lipinski definition) is 0. The molecule has 3 atom stereocenters. The van der Waals surface area contributed by atoms with Crippen molar-refractivity contribution in [1.29, 1.82) is 0 Å². The molecule has 0 radical (unpaired) electrons. The third kappa shape index (κ3) is 1.57. The fraction of sp³-hybridized carbons (Fsp3) is 1.00. The van der Waals surface area contributed by atoms with E-state index in [1.807, 2.05) is 0 Å². The summed E-state index contributed by atoms with van der Waals surface area (Å²) in [6.07, 6.45) is 4.77. The van der Waals surface area contributed by atoms with Crippen LogP contribution in [0.2, 0.25) is 0 Å². The summed E-state index contributed by atoms with van der Waals surface area (Å²) < 4.78 is 5.77. The number of thioether (sulfide) groups is 1. The predicted octanol–water partition coefficient (Wildman–Crippen LogP) is 2.31. The van der Waals surface area contributed by atoms with Crippen molar-refractivity contribution in [3.63, 3.8) is 0 Å². The Balaban J connectivity index is 1.99. The quantitative estimate of drug-likeness (QED) is 0.554. The first-order valence-electron chi connectivity index (χ1n) is 4.61. The maximum Gasteiger partial charge on any atom is 0.0719 e. The van der Waals surface area contributed by atoms with Crippen molar-refractivity contribution in [3.05, 3.63) is 0 Å². The van der Waals surface area contributed by atoms with E-state index in [4.69, 9.17) is 4.74 Å². The largest absolute Gasteiger partial charge is 0.376 e. The summed E-state index contributed by atoms with van der Waals surface area (Å²) in [5.74, 6) is 2.02. The zero-order valence-electron chi connectivity index (χ0n) is 7.08. The summed E-state index contributed by atoms with van der Waals surface area (Å²) in [4.78, 5) is 0. The second-order valence-electron chi connectivity index (χ2n) is 3.65. The Hall–Kier alpha value is 0.310. The molecule has 0 aromatic heterocycles. The Bertz CT molecular complexity index is 136. The highest BCUT2D eigenvalue weighted by atomic mass is 32.2. The van der Waals surface area contributed by atoms with Gasteiger partial charge in [0.15, 0.2) is 0 Å². The molecule has 1 saturated heterocycles. The van der Waals surface area contributed by atoms with Gasteiger partial charge < -0.3 is 4.74 Å². The minimum absolute atomic E-state index is 0.586. The van der Waals surface area contributed by atoms with Gasteiger partial charge >= 0.3 is 0 Å². The molecule has 2 unspecified atom stereocenters. The van der Waals surface area contributed by atoms with Crippen LogP contribution in [-0.4, -0.2) is 23.7 Å². The molecule has 1 heterocycles. The van der Waals surface area contributed by atoms with Gasteiger partial charge in [0.25, 0.3) is 0 Å². The molecule has 2 rings (SSSR count). The zero-order chi connectivity index (χ0) is 7.68. The minimum atomic E-state index is 0.586. The van der Waals surface area contributed by atoms with Crippen LogP contribution in [0.15, 0.2) is 0 Å². The van der Waals surface area contributed by atoms with Crippen molar-refractivity contribution >= 4 is 11.8 Å². The number of hydrogen-bond acceptors (Lipinski definition) is 2. The van der Waals surface area contributed by atoms with E-state index in [1.54, 1.807) is 0 Å². The van der Waals surface area contributed by atoms with E-state index in [9.17, 15) is 0 Å². The van der Waals surface area contributed by atoms with Crippen LogP contribution in [0.1, 0.15) is 26.2 Å². The van der Waals surface area contributed by atoms with Crippen LogP contribution < -0.4 is 0 Å². The standard InChI is InChI=1S/C9H16OS/c1-7-3-2-4-8-9(7)10-5-6-11-8/h7-9H,2-6H2,1H3/t7-,8?,9?/m1/s1. The third-order valence-electron chi connectivity index (χ3n) is 2.80. The summed E-state index contributed by atoms with van der Waals surface area (Å²) in [6.45, 7) is 3.32. The second kappa shape index (κ2) is 3.36. The Morgan fingerprint density at radius 1 is 1.36 bits per heavy atom. The van der Waals surface area contributed by atoms with E-state index in [1.165, 1.54) is 25.0 Å². The molecule has 64 valence electrons. The van der Waals surface area contributed by atoms with Crippen LogP contribution in [0.5, 0.6) is 0 Å². The lowest BCUT2D eigenvalue weighted by atomic mass is 9.87. The van der Waals surface area contributed by atoms with Crippen molar-refractivity contribution in [2.45, 2.75) is 37.5 Å². The van der Waals surface area contributed by atoms with Crippen molar-refractivity contribution in [2.75, 3.05) is 12.4 Å². The van der Waals surface area contributed by atoms with Crippen molar-refractivity contribution in [3.8, 4) is 0 Å². The fourth-order valence-corrected chi connectivity index (χ4v) is 3.53. The summed E-state index contributed by atoms with van der Waals surface area (Å²) in [5, 5.41) is 0.826. The SMILES string of the molecule is C[C@@H]1CCCC2SCCOC21. The maximum absolute atomic E-state index is 5.77. The van der Waals surface area contributed by atoms with E-state index < -0.39 is 0 Å². The highest BCUT2D eigenvalue weighted by Crippen LogP contribution is 2.36. The van der Waals surface area contributed by atoms with Gasteiger partial charge in [0.1, 0.15) is 0 Å². The molecule has 2 aliphatic rings. The third-order valence-corrected chi connectivity index (χ3v) is 4.14. The monoisotopic (exact) mass is 172 g/mol. The van der Waals surface area contributed by atoms with Crippen LogP contribution in [0.4, 0.5) is 0 Å². The Morgan fingerprint density at radius 2 is 2.27 bits per heavy atom. The lowest BCUT2D eigenvalue weighted by molar-refractivity contribution is 0.00167. The zero-order valence-corrected chi connectivity index (χ0v) is 7.90. The molecule has 1 aliphatic heterocycles. The molecule has 0 bridgehead atoms. The van der Waals surface area contributed by atoms with Gasteiger partial charge in [0.2, 0.25) is 0 Å². The van der Waals surface area contributed by atoms with E-state index in [0.717, 1.165) is 17.8 Å². The van der Waals surface area contributed by atoms with Gasteiger partial charge in [0, 0.05) is 11.0 Å². The van der Waals surface area contributed by atoms with Crippen LogP contribution in [-0.2, 0) is 4.74 Å². The molecule has 1 nitrogen and oxygen atoms in total.